The summed E-state index contributed by atoms with van der Waals surface area (Å²) in [5.41, 5.74) is 1.06. The topological polar surface area (TPSA) is 47.6 Å². The molecule has 0 N–H and O–H groups in total. The quantitative estimate of drug-likeness (QED) is 0.438. The second-order valence-corrected chi connectivity index (χ2v) is 4.60. The second-order valence-electron chi connectivity index (χ2n) is 2.88. The van der Waals surface area contributed by atoms with Crippen molar-refractivity contribution in [3.05, 3.63) is 38.2 Å². The molecule has 5 heteroatoms. The van der Waals surface area contributed by atoms with Crippen LogP contribution in [0.25, 0.3) is 6.08 Å². The molecule has 0 unspecified atom stereocenters. The van der Waals surface area contributed by atoms with Crippen molar-refractivity contribution in [3.8, 4) is 12.1 Å². The highest BCUT2D eigenvalue weighted by atomic mass is 127. The molecule has 0 aromatic heterocycles. The van der Waals surface area contributed by atoms with Gasteiger partial charge in [-0.3, -0.25) is 0 Å². The smallest absolute Gasteiger partial charge is 0.130 e. The average molecular weight is 391 g/mol. The Hall–Kier alpha value is -0.920. The number of nitriles is 2. The van der Waals surface area contributed by atoms with Crippen molar-refractivity contribution in [2.45, 2.75) is 5.33 Å². The van der Waals surface area contributed by atoms with E-state index in [0.29, 0.717) is 16.5 Å². The van der Waals surface area contributed by atoms with E-state index in [1.807, 2.05) is 22.6 Å². The first-order valence-electron chi connectivity index (χ1n) is 4.18. The Morgan fingerprint density at radius 1 is 1.44 bits per heavy atom. The third-order valence-electron chi connectivity index (χ3n) is 1.85. The molecule has 0 amide bonds. The van der Waals surface area contributed by atoms with E-state index >= 15 is 0 Å². The molecule has 0 fully saturated rings. The number of alkyl halides is 1. The van der Waals surface area contributed by atoms with Gasteiger partial charge in [-0.1, -0.05) is 15.9 Å². The Morgan fingerprint density at radius 2 is 2.06 bits per heavy atom. The number of hydrogen-bond acceptors (Lipinski definition) is 2. The van der Waals surface area contributed by atoms with Gasteiger partial charge < -0.3 is 0 Å². The van der Waals surface area contributed by atoms with Crippen LogP contribution < -0.4 is 0 Å². The van der Waals surface area contributed by atoms with Crippen LogP contribution in [0.2, 0.25) is 0 Å². The predicted molar refractivity (Wildman–Crippen MR) is 71.0 cm³/mol. The number of halogens is 3. The van der Waals surface area contributed by atoms with Crippen molar-refractivity contribution >= 4 is 44.6 Å². The van der Waals surface area contributed by atoms with Crippen LogP contribution in [-0.4, -0.2) is 0 Å². The van der Waals surface area contributed by atoms with Gasteiger partial charge in [0.05, 0.1) is 0 Å². The Balaban J connectivity index is 3.27. The SMILES string of the molecule is N#CC(C#N)=Cc1cc(F)c(CBr)c(I)c1. The number of benzene rings is 1. The first kappa shape index (κ1) is 13.1. The molecule has 0 saturated carbocycles. The van der Waals surface area contributed by atoms with Gasteiger partial charge in [-0.05, 0) is 46.4 Å². The van der Waals surface area contributed by atoms with Crippen molar-refractivity contribution in [2.24, 2.45) is 0 Å². The minimum atomic E-state index is -0.342. The Morgan fingerprint density at radius 3 is 2.50 bits per heavy atom. The van der Waals surface area contributed by atoms with Gasteiger partial charge in [-0.25, -0.2) is 4.39 Å². The van der Waals surface area contributed by atoms with E-state index in [2.05, 4.69) is 15.9 Å². The normalized spacial score (nSPS) is 9.06. The number of rotatable bonds is 2. The molecule has 0 atom stereocenters. The average Bonchev–Trinajstić information content (AvgIpc) is 2.25. The number of hydrogen-bond donors (Lipinski definition) is 0. The van der Waals surface area contributed by atoms with E-state index in [1.54, 1.807) is 18.2 Å². The Bertz CT molecular complexity index is 487. The molecule has 80 valence electrons. The van der Waals surface area contributed by atoms with Crippen LogP contribution in [-0.2, 0) is 5.33 Å². The van der Waals surface area contributed by atoms with E-state index < -0.39 is 0 Å². The van der Waals surface area contributed by atoms with Crippen LogP contribution in [0.1, 0.15) is 11.1 Å². The Labute approximate surface area is 115 Å². The molecule has 16 heavy (non-hydrogen) atoms. The lowest BCUT2D eigenvalue weighted by Crippen LogP contribution is -1.92. The summed E-state index contributed by atoms with van der Waals surface area (Å²) in [7, 11) is 0. The predicted octanol–water partition coefficient (Wildman–Crippen LogP) is 3.76. The molecule has 2 nitrogen and oxygen atoms in total. The van der Waals surface area contributed by atoms with Crippen LogP contribution >= 0.6 is 38.5 Å². The Kier molecular flexibility index (Phi) is 4.91. The van der Waals surface area contributed by atoms with E-state index in [9.17, 15) is 4.39 Å². The first-order chi connectivity index (χ1) is 7.62. The molecule has 0 heterocycles. The molecule has 0 bridgehead atoms. The van der Waals surface area contributed by atoms with Gasteiger partial charge in [0.15, 0.2) is 0 Å². The van der Waals surface area contributed by atoms with Crippen molar-refractivity contribution in [1.29, 1.82) is 10.5 Å². The molecule has 1 aromatic rings. The zero-order chi connectivity index (χ0) is 12.1. The summed E-state index contributed by atoms with van der Waals surface area (Å²) >= 11 is 5.21. The summed E-state index contributed by atoms with van der Waals surface area (Å²) < 4.78 is 14.3. The van der Waals surface area contributed by atoms with Crippen molar-refractivity contribution < 1.29 is 4.39 Å². The van der Waals surface area contributed by atoms with E-state index in [0.717, 1.165) is 3.57 Å². The van der Waals surface area contributed by atoms with Crippen LogP contribution in [0.3, 0.4) is 0 Å². The maximum Gasteiger partial charge on any atom is 0.130 e. The largest absolute Gasteiger partial charge is 0.207 e. The van der Waals surface area contributed by atoms with E-state index in [-0.39, 0.29) is 11.4 Å². The van der Waals surface area contributed by atoms with E-state index in [1.165, 1.54) is 12.1 Å². The molecule has 0 aliphatic heterocycles. The number of allylic oxidation sites excluding steroid dienone is 1. The summed E-state index contributed by atoms with van der Waals surface area (Å²) in [6.07, 6.45) is 1.36. The zero-order valence-electron chi connectivity index (χ0n) is 7.97. The molecule has 1 aromatic carbocycles. The molecule has 0 aliphatic rings. The summed E-state index contributed by atoms with van der Waals surface area (Å²) in [4.78, 5) is 0. The summed E-state index contributed by atoms with van der Waals surface area (Å²) in [5.74, 6) is -0.342. The molecule has 0 spiro atoms. The molecule has 0 saturated heterocycles. The van der Waals surface area contributed by atoms with Crippen LogP contribution in [0.4, 0.5) is 4.39 Å². The molecular weight excluding hydrogens is 386 g/mol. The maximum atomic E-state index is 13.5. The van der Waals surface area contributed by atoms with Crippen LogP contribution in [0.15, 0.2) is 17.7 Å². The highest BCUT2D eigenvalue weighted by Gasteiger charge is 2.07. The minimum absolute atomic E-state index is 0.0400. The minimum Gasteiger partial charge on any atom is -0.207 e. The fourth-order valence-electron chi connectivity index (χ4n) is 1.09. The maximum absolute atomic E-state index is 13.5. The lowest BCUT2D eigenvalue weighted by atomic mass is 10.1. The number of nitrogens with zero attached hydrogens (tertiary/aromatic N) is 2. The third-order valence-corrected chi connectivity index (χ3v) is 3.37. The summed E-state index contributed by atoms with van der Waals surface area (Å²) in [6, 6.07) is 6.51. The second kappa shape index (κ2) is 5.97. The van der Waals surface area contributed by atoms with Gasteiger partial charge in [0.25, 0.3) is 0 Å². The zero-order valence-corrected chi connectivity index (χ0v) is 11.7. The summed E-state index contributed by atoms with van der Waals surface area (Å²) in [6.45, 7) is 0. The van der Waals surface area contributed by atoms with Gasteiger partial charge in [-0.15, -0.1) is 0 Å². The van der Waals surface area contributed by atoms with Crippen molar-refractivity contribution in [3.63, 3.8) is 0 Å². The highest BCUT2D eigenvalue weighted by Crippen LogP contribution is 2.22. The van der Waals surface area contributed by atoms with Gasteiger partial charge in [0.2, 0.25) is 0 Å². The van der Waals surface area contributed by atoms with Crippen LogP contribution in [0.5, 0.6) is 0 Å². The van der Waals surface area contributed by atoms with Crippen molar-refractivity contribution in [2.75, 3.05) is 0 Å². The fourth-order valence-corrected chi connectivity index (χ4v) is 2.99. The van der Waals surface area contributed by atoms with Gasteiger partial charge in [0, 0.05) is 14.5 Å². The lowest BCUT2D eigenvalue weighted by Gasteiger charge is -2.04. The fraction of sp³-hybridized carbons (Fsp3) is 0.0909. The molecular formula is C11H5BrFIN2. The van der Waals surface area contributed by atoms with Crippen LogP contribution in [0, 0.1) is 32.0 Å². The lowest BCUT2D eigenvalue weighted by molar-refractivity contribution is 0.616. The monoisotopic (exact) mass is 390 g/mol. The third kappa shape index (κ3) is 3.03. The van der Waals surface area contributed by atoms with Crippen molar-refractivity contribution in [1.82, 2.24) is 0 Å². The first-order valence-corrected chi connectivity index (χ1v) is 6.38. The molecule has 0 radical (unpaired) electrons. The molecule has 0 aliphatic carbocycles. The summed E-state index contributed by atoms with van der Waals surface area (Å²) in [5, 5.41) is 17.6. The van der Waals surface area contributed by atoms with Gasteiger partial charge in [-0.2, -0.15) is 10.5 Å². The molecule has 1 rings (SSSR count). The van der Waals surface area contributed by atoms with E-state index in [4.69, 9.17) is 10.5 Å². The standard InChI is InChI=1S/C11H5BrFIN2/c12-4-9-10(13)2-7(3-11(9)14)1-8(5-15)6-16/h1-3H,4H2. The van der Waals surface area contributed by atoms with Gasteiger partial charge in [0.1, 0.15) is 23.5 Å². The highest BCUT2D eigenvalue weighted by molar-refractivity contribution is 14.1. The van der Waals surface area contributed by atoms with Gasteiger partial charge >= 0.3 is 0 Å².